The summed E-state index contributed by atoms with van der Waals surface area (Å²) in [4.78, 5) is 15.1. The largest absolute Gasteiger partial charge is 0.379 e. The molecule has 0 N–H and O–H groups in total. The van der Waals surface area contributed by atoms with Gasteiger partial charge in [-0.15, -0.1) is 0 Å². The zero-order valence-electron chi connectivity index (χ0n) is 17.6. The van der Waals surface area contributed by atoms with Crippen molar-refractivity contribution < 1.29 is 18.1 Å². The number of non-ortho nitro benzene ring substituents is 1. The van der Waals surface area contributed by atoms with Crippen LogP contribution in [0.25, 0.3) is 0 Å². The van der Waals surface area contributed by atoms with E-state index in [0.29, 0.717) is 32.8 Å². The van der Waals surface area contributed by atoms with E-state index in [1.54, 1.807) is 24.3 Å². The van der Waals surface area contributed by atoms with Gasteiger partial charge in [0.2, 0.25) is 10.0 Å². The van der Waals surface area contributed by atoms with Crippen LogP contribution in [0.15, 0.2) is 47.4 Å². The molecule has 2 aromatic rings. The Bertz CT molecular complexity index is 1070. The number of rotatable bonds is 6. The van der Waals surface area contributed by atoms with E-state index in [9.17, 15) is 18.5 Å². The second kappa shape index (κ2) is 8.45. The van der Waals surface area contributed by atoms with E-state index in [4.69, 9.17) is 4.74 Å². The number of morpholine rings is 1. The molecule has 2 aromatic carbocycles. The van der Waals surface area contributed by atoms with Crippen molar-refractivity contribution in [3.05, 3.63) is 58.1 Å². The van der Waals surface area contributed by atoms with E-state index in [2.05, 4.69) is 23.6 Å². The smallest absolute Gasteiger partial charge is 0.269 e. The van der Waals surface area contributed by atoms with Crippen LogP contribution in [0, 0.1) is 10.1 Å². The van der Waals surface area contributed by atoms with Gasteiger partial charge >= 0.3 is 0 Å². The maximum Gasteiger partial charge on any atom is 0.269 e. The van der Waals surface area contributed by atoms with Crippen LogP contribution in [0.1, 0.15) is 19.4 Å². The SMILES string of the molecule is CCN1c2ccc(S(=O)(=O)N3CCOCC3)cc2N(Cc2ccc([N+](=O)[O-])cc2)C1C. The fourth-order valence-electron chi connectivity index (χ4n) is 4.22. The number of benzene rings is 2. The summed E-state index contributed by atoms with van der Waals surface area (Å²) in [6, 6.07) is 11.8. The van der Waals surface area contributed by atoms with Gasteiger partial charge in [0.05, 0.1) is 40.6 Å². The number of anilines is 2. The number of fused-ring (bicyclic) bond motifs is 1. The highest BCUT2D eigenvalue weighted by atomic mass is 32.2. The molecule has 0 saturated carbocycles. The third-order valence-electron chi connectivity index (χ3n) is 5.92. The molecule has 0 radical (unpaired) electrons. The predicted octanol–water partition coefficient (Wildman–Crippen LogP) is 2.81. The highest BCUT2D eigenvalue weighted by Crippen LogP contribution is 2.42. The molecule has 2 aliphatic heterocycles. The van der Waals surface area contributed by atoms with Crippen molar-refractivity contribution in [2.75, 3.05) is 42.6 Å². The van der Waals surface area contributed by atoms with Crippen molar-refractivity contribution in [1.82, 2.24) is 4.31 Å². The summed E-state index contributed by atoms with van der Waals surface area (Å²) >= 11 is 0. The number of nitrogens with zero attached hydrogens (tertiary/aromatic N) is 4. The molecule has 9 nitrogen and oxygen atoms in total. The molecule has 31 heavy (non-hydrogen) atoms. The minimum Gasteiger partial charge on any atom is -0.379 e. The summed E-state index contributed by atoms with van der Waals surface area (Å²) in [5, 5.41) is 10.9. The van der Waals surface area contributed by atoms with Gasteiger partial charge in [-0.2, -0.15) is 4.31 Å². The van der Waals surface area contributed by atoms with Gasteiger partial charge in [0, 0.05) is 38.3 Å². The lowest BCUT2D eigenvalue weighted by Crippen LogP contribution is -2.40. The first kappa shape index (κ1) is 21.5. The van der Waals surface area contributed by atoms with E-state index in [1.807, 2.05) is 6.07 Å². The molecule has 1 atom stereocenters. The summed E-state index contributed by atoms with van der Waals surface area (Å²) in [7, 11) is -3.60. The van der Waals surface area contributed by atoms with Crippen LogP contribution in [0.5, 0.6) is 0 Å². The third-order valence-corrected chi connectivity index (χ3v) is 7.81. The Morgan fingerprint density at radius 3 is 2.35 bits per heavy atom. The van der Waals surface area contributed by atoms with Crippen molar-refractivity contribution >= 4 is 27.1 Å². The molecule has 0 aliphatic carbocycles. The van der Waals surface area contributed by atoms with Crippen molar-refractivity contribution in [3.63, 3.8) is 0 Å². The number of sulfonamides is 1. The quantitative estimate of drug-likeness (QED) is 0.497. The second-order valence-corrected chi connectivity index (χ2v) is 9.57. The van der Waals surface area contributed by atoms with Gasteiger partial charge in [-0.05, 0) is 37.6 Å². The van der Waals surface area contributed by atoms with Crippen LogP contribution in [-0.4, -0.2) is 56.7 Å². The Labute approximate surface area is 182 Å². The number of nitro benzene ring substituents is 1. The first-order valence-corrected chi connectivity index (χ1v) is 11.8. The van der Waals surface area contributed by atoms with E-state index in [1.165, 1.54) is 16.4 Å². The van der Waals surface area contributed by atoms with Gasteiger partial charge in [-0.25, -0.2) is 8.42 Å². The van der Waals surface area contributed by atoms with E-state index in [0.717, 1.165) is 23.5 Å². The Kier molecular flexibility index (Phi) is 5.87. The molecule has 0 spiro atoms. The van der Waals surface area contributed by atoms with Crippen molar-refractivity contribution in [3.8, 4) is 0 Å². The van der Waals surface area contributed by atoms with E-state index in [-0.39, 0.29) is 16.7 Å². The number of nitro groups is 1. The highest BCUT2D eigenvalue weighted by Gasteiger charge is 2.34. The second-order valence-electron chi connectivity index (χ2n) is 7.64. The van der Waals surface area contributed by atoms with Crippen LogP contribution < -0.4 is 9.80 Å². The van der Waals surface area contributed by atoms with E-state index >= 15 is 0 Å². The number of ether oxygens (including phenoxy) is 1. The van der Waals surface area contributed by atoms with Crippen molar-refractivity contribution in [2.45, 2.75) is 31.5 Å². The van der Waals surface area contributed by atoms with Crippen LogP contribution in [0.2, 0.25) is 0 Å². The fourth-order valence-corrected chi connectivity index (χ4v) is 5.64. The highest BCUT2D eigenvalue weighted by molar-refractivity contribution is 7.89. The summed E-state index contributed by atoms with van der Waals surface area (Å²) in [5.41, 5.74) is 2.80. The average Bonchev–Trinajstić information content (AvgIpc) is 3.04. The molecule has 4 rings (SSSR count). The molecule has 2 aliphatic rings. The topological polar surface area (TPSA) is 96.2 Å². The minimum atomic E-state index is -3.60. The Hall–Kier alpha value is -2.69. The molecule has 1 saturated heterocycles. The van der Waals surface area contributed by atoms with Crippen molar-refractivity contribution in [1.29, 1.82) is 0 Å². The zero-order valence-corrected chi connectivity index (χ0v) is 18.4. The summed E-state index contributed by atoms with van der Waals surface area (Å²) in [6.45, 7) is 6.93. The maximum atomic E-state index is 13.2. The molecule has 1 unspecified atom stereocenters. The molecule has 10 heteroatoms. The van der Waals surface area contributed by atoms with Gasteiger partial charge in [0.15, 0.2) is 0 Å². The van der Waals surface area contributed by atoms with Gasteiger partial charge in [0.25, 0.3) is 5.69 Å². The summed E-state index contributed by atoms with van der Waals surface area (Å²) in [6.07, 6.45) is 0.0246. The molecule has 1 fully saturated rings. The standard InChI is InChI=1S/C21H26N4O5S/c1-3-23-16(2)24(15-17-4-6-18(7-5-17)25(26)27)21-14-19(8-9-20(21)23)31(28,29)22-10-12-30-13-11-22/h4-9,14,16H,3,10-13,15H2,1-2H3. The predicted molar refractivity (Wildman–Crippen MR) is 118 cm³/mol. The van der Waals surface area contributed by atoms with Gasteiger partial charge in [-0.3, -0.25) is 10.1 Å². The fraction of sp³-hybridized carbons (Fsp3) is 0.429. The lowest BCUT2D eigenvalue weighted by molar-refractivity contribution is -0.384. The molecular formula is C21H26N4O5S. The lowest BCUT2D eigenvalue weighted by atomic mass is 10.2. The molecule has 2 heterocycles. The monoisotopic (exact) mass is 446 g/mol. The lowest BCUT2D eigenvalue weighted by Gasteiger charge is -2.29. The first-order valence-electron chi connectivity index (χ1n) is 10.3. The maximum absolute atomic E-state index is 13.2. The van der Waals surface area contributed by atoms with Crippen LogP contribution in [-0.2, 0) is 21.3 Å². The minimum absolute atomic E-state index is 0.0246. The molecule has 0 aromatic heterocycles. The van der Waals surface area contributed by atoms with E-state index < -0.39 is 14.9 Å². The third kappa shape index (κ3) is 3.98. The molecule has 0 bridgehead atoms. The Morgan fingerprint density at radius 1 is 1.06 bits per heavy atom. The summed E-state index contributed by atoms with van der Waals surface area (Å²) in [5.74, 6) is 0. The number of hydrogen-bond acceptors (Lipinski definition) is 7. The Balaban J connectivity index is 1.67. The Morgan fingerprint density at radius 2 is 1.74 bits per heavy atom. The summed E-state index contributed by atoms with van der Waals surface area (Å²) < 4.78 is 33.1. The average molecular weight is 447 g/mol. The zero-order chi connectivity index (χ0) is 22.2. The number of hydrogen-bond donors (Lipinski definition) is 0. The molecule has 166 valence electrons. The van der Waals surface area contributed by atoms with Gasteiger partial charge < -0.3 is 14.5 Å². The normalized spacial score (nSPS) is 19.5. The molecule has 0 amide bonds. The molecular weight excluding hydrogens is 420 g/mol. The van der Waals surface area contributed by atoms with Crippen LogP contribution in [0.4, 0.5) is 17.1 Å². The van der Waals surface area contributed by atoms with Gasteiger partial charge in [-0.1, -0.05) is 12.1 Å². The van der Waals surface area contributed by atoms with Crippen molar-refractivity contribution in [2.24, 2.45) is 0 Å². The van der Waals surface area contributed by atoms with Crippen LogP contribution in [0.3, 0.4) is 0 Å². The first-order chi connectivity index (χ1) is 14.8. The van der Waals surface area contributed by atoms with Crippen LogP contribution >= 0.6 is 0 Å². The van der Waals surface area contributed by atoms with Gasteiger partial charge in [0.1, 0.15) is 0 Å².